The summed E-state index contributed by atoms with van der Waals surface area (Å²) in [4.78, 5) is 8.73. The van der Waals surface area contributed by atoms with Gasteiger partial charge in [0.25, 0.3) is 0 Å². The van der Waals surface area contributed by atoms with Crippen molar-refractivity contribution in [3.63, 3.8) is 0 Å². The van der Waals surface area contributed by atoms with Crippen molar-refractivity contribution >= 4 is 10.8 Å². The summed E-state index contributed by atoms with van der Waals surface area (Å²) in [6, 6.07) is 13.4. The number of aromatic nitrogens is 2. The third-order valence-electron chi connectivity index (χ3n) is 5.36. The summed E-state index contributed by atoms with van der Waals surface area (Å²) in [5, 5.41) is 0.290. The van der Waals surface area contributed by atoms with Crippen LogP contribution in [0.5, 0.6) is 5.75 Å². The van der Waals surface area contributed by atoms with E-state index in [0.717, 1.165) is 42.3 Å². The first-order chi connectivity index (χ1) is 16.5. The van der Waals surface area contributed by atoms with Crippen molar-refractivity contribution in [2.45, 2.75) is 32.6 Å². The molecule has 0 bridgehead atoms. The number of hydrogen-bond acceptors (Lipinski definition) is 3. The Morgan fingerprint density at radius 2 is 1.53 bits per heavy atom. The second-order valence-electron chi connectivity index (χ2n) is 7.91. The Kier molecular flexibility index (Phi) is 7.44. The molecule has 0 fully saturated rings. The molecule has 4 rings (SSSR count). The minimum Gasteiger partial charge on any atom is -0.490 e. The van der Waals surface area contributed by atoms with Crippen LogP contribution in [0.3, 0.4) is 0 Å². The van der Waals surface area contributed by atoms with Gasteiger partial charge in [-0.1, -0.05) is 43.4 Å². The zero-order valence-corrected chi connectivity index (χ0v) is 18.7. The number of fused-ring (bicyclic) bond motifs is 1. The van der Waals surface area contributed by atoms with E-state index < -0.39 is 17.5 Å². The van der Waals surface area contributed by atoms with Crippen LogP contribution in [0.15, 0.2) is 60.9 Å². The molecule has 0 aliphatic rings. The average Bonchev–Trinajstić information content (AvgIpc) is 2.86. The second-order valence-corrected chi connectivity index (χ2v) is 7.91. The summed E-state index contributed by atoms with van der Waals surface area (Å²) in [5.74, 6) is 3.61. The van der Waals surface area contributed by atoms with Gasteiger partial charge in [-0.2, -0.15) is 0 Å². The molecule has 1 aromatic heterocycles. The zero-order valence-electron chi connectivity index (χ0n) is 18.7. The Morgan fingerprint density at radius 3 is 2.26 bits per heavy atom. The first-order valence-electron chi connectivity index (χ1n) is 11.2. The third kappa shape index (κ3) is 5.74. The van der Waals surface area contributed by atoms with E-state index in [1.165, 1.54) is 6.07 Å². The lowest BCUT2D eigenvalue weighted by atomic mass is 10.0. The molecule has 0 atom stereocenters. The van der Waals surface area contributed by atoms with Crippen molar-refractivity contribution < 1.29 is 17.9 Å². The number of nitrogens with zero attached hydrogens (tertiary/aromatic N) is 2. The number of hydrogen-bond donors (Lipinski definition) is 0. The Bertz CT molecular complexity index is 1340. The molecule has 6 heteroatoms. The van der Waals surface area contributed by atoms with Gasteiger partial charge in [-0.25, -0.2) is 23.1 Å². The highest BCUT2D eigenvalue weighted by molar-refractivity contribution is 5.84. The highest BCUT2D eigenvalue weighted by atomic mass is 19.2. The topological polar surface area (TPSA) is 35.0 Å². The molecule has 0 spiro atoms. The highest BCUT2D eigenvalue weighted by Crippen LogP contribution is 2.24. The fourth-order valence-electron chi connectivity index (χ4n) is 3.42. The smallest absolute Gasteiger partial charge is 0.195 e. The molecular formula is C28H23F3N2O. The highest BCUT2D eigenvalue weighted by Gasteiger charge is 2.13. The summed E-state index contributed by atoms with van der Waals surface area (Å²) in [6.07, 6.45) is 7.02. The molecule has 0 saturated heterocycles. The standard InChI is InChI=1S/C28H23F3N2O/c1-2-3-14-34-23-17-32-26(33-18-23)13-11-20-6-4-19(5-7-20)8-9-21-10-12-24-22(15-21)16-25(29)28(31)27(24)30/h4-7,10,12,15-18H,2-3,11,13-14H2,1H3. The maximum atomic E-state index is 13.9. The van der Waals surface area contributed by atoms with Gasteiger partial charge in [-0.15, -0.1) is 0 Å². The minimum absolute atomic E-state index is 0.0245. The summed E-state index contributed by atoms with van der Waals surface area (Å²) in [6.45, 7) is 2.79. The zero-order chi connectivity index (χ0) is 23.9. The second kappa shape index (κ2) is 10.8. The fourth-order valence-corrected chi connectivity index (χ4v) is 3.42. The van der Waals surface area contributed by atoms with Gasteiger partial charge in [0.05, 0.1) is 19.0 Å². The van der Waals surface area contributed by atoms with Crippen LogP contribution in [0.25, 0.3) is 10.8 Å². The maximum absolute atomic E-state index is 13.9. The molecule has 3 aromatic carbocycles. The van der Waals surface area contributed by atoms with Crippen LogP contribution >= 0.6 is 0 Å². The van der Waals surface area contributed by atoms with Crippen LogP contribution in [0, 0.1) is 29.3 Å². The Morgan fingerprint density at radius 1 is 0.824 bits per heavy atom. The minimum atomic E-state index is -1.47. The molecule has 0 radical (unpaired) electrons. The quantitative estimate of drug-likeness (QED) is 0.182. The summed E-state index contributed by atoms with van der Waals surface area (Å²) in [7, 11) is 0. The van der Waals surface area contributed by atoms with E-state index in [1.54, 1.807) is 24.5 Å². The molecule has 3 nitrogen and oxygen atoms in total. The van der Waals surface area contributed by atoms with Crippen molar-refractivity contribution in [3.8, 4) is 17.6 Å². The average molecular weight is 460 g/mol. The van der Waals surface area contributed by atoms with Crippen LogP contribution in [0.1, 0.15) is 42.3 Å². The normalized spacial score (nSPS) is 10.7. The van der Waals surface area contributed by atoms with E-state index in [4.69, 9.17) is 4.74 Å². The van der Waals surface area contributed by atoms with E-state index >= 15 is 0 Å². The molecular weight excluding hydrogens is 437 g/mol. The van der Waals surface area contributed by atoms with Crippen LogP contribution < -0.4 is 4.74 Å². The Hall–Kier alpha value is -3.85. The first-order valence-corrected chi connectivity index (χ1v) is 11.2. The van der Waals surface area contributed by atoms with Gasteiger partial charge in [0, 0.05) is 22.9 Å². The van der Waals surface area contributed by atoms with E-state index in [2.05, 4.69) is 28.7 Å². The predicted molar refractivity (Wildman–Crippen MR) is 126 cm³/mol. The fraction of sp³-hybridized carbons (Fsp3) is 0.214. The summed E-state index contributed by atoms with van der Waals surface area (Å²) < 4.78 is 46.3. The van der Waals surface area contributed by atoms with E-state index in [1.807, 2.05) is 24.3 Å². The molecule has 0 aliphatic carbocycles. The molecule has 0 saturated carbocycles. The summed E-state index contributed by atoms with van der Waals surface area (Å²) >= 11 is 0. The lowest BCUT2D eigenvalue weighted by Gasteiger charge is -2.05. The van der Waals surface area contributed by atoms with Crippen molar-refractivity contribution in [3.05, 3.63) is 101 Å². The van der Waals surface area contributed by atoms with E-state index in [9.17, 15) is 13.2 Å². The number of unbranched alkanes of at least 4 members (excludes halogenated alkanes) is 1. The Labute approximate surface area is 196 Å². The van der Waals surface area contributed by atoms with Gasteiger partial charge in [-0.3, -0.25) is 0 Å². The molecule has 0 unspecified atom stereocenters. The molecule has 4 aromatic rings. The summed E-state index contributed by atoms with van der Waals surface area (Å²) in [5.41, 5.74) is 2.53. The van der Waals surface area contributed by atoms with Gasteiger partial charge in [0.15, 0.2) is 23.2 Å². The maximum Gasteiger partial charge on any atom is 0.195 e. The number of ether oxygens (including phenoxy) is 1. The van der Waals surface area contributed by atoms with Crippen LogP contribution in [-0.4, -0.2) is 16.6 Å². The first kappa shape index (κ1) is 23.3. The van der Waals surface area contributed by atoms with Gasteiger partial charge < -0.3 is 4.74 Å². The molecule has 0 aliphatic heterocycles. The van der Waals surface area contributed by atoms with Crippen molar-refractivity contribution in [2.24, 2.45) is 0 Å². The molecule has 1 heterocycles. The molecule has 0 amide bonds. The molecule has 172 valence electrons. The van der Waals surface area contributed by atoms with E-state index in [0.29, 0.717) is 24.3 Å². The lowest BCUT2D eigenvalue weighted by Crippen LogP contribution is -2.01. The largest absolute Gasteiger partial charge is 0.490 e. The van der Waals surface area contributed by atoms with Crippen molar-refractivity contribution in [2.75, 3.05) is 6.61 Å². The number of halogens is 3. The van der Waals surface area contributed by atoms with Crippen LogP contribution in [0.2, 0.25) is 0 Å². The molecule has 34 heavy (non-hydrogen) atoms. The SMILES string of the molecule is CCCCOc1cnc(CCc2ccc(C#Cc3ccc4c(F)c(F)c(F)cc4c3)cc2)nc1. The molecule has 0 N–H and O–H groups in total. The Balaban J connectivity index is 1.37. The number of rotatable bonds is 7. The van der Waals surface area contributed by atoms with Gasteiger partial charge in [0.1, 0.15) is 5.82 Å². The monoisotopic (exact) mass is 460 g/mol. The van der Waals surface area contributed by atoms with E-state index in [-0.39, 0.29) is 10.8 Å². The van der Waals surface area contributed by atoms with Gasteiger partial charge in [-0.05, 0) is 54.1 Å². The van der Waals surface area contributed by atoms with Crippen LogP contribution in [0.4, 0.5) is 13.2 Å². The third-order valence-corrected chi connectivity index (χ3v) is 5.36. The van der Waals surface area contributed by atoms with Crippen LogP contribution in [-0.2, 0) is 12.8 Å². The number of benzene rings is 3. The van der Waals surface area contributed by atoms with Gasteiger partial charge >= 0.3 is 0 Å². The van der Waals surface area contributed by atoms with Crippen molar-refractivity contribution in [1.29, 1.82) is 0 Å². The van der Waals surface area contributed by atoms with Crippen molar-refractivity contribution in [1.82, 2.24) is 9.97 Å². The number of aryl methyl sites for hydroxylation is 2. The predicted octanol–water partition coefficient (Wildman–Crippen LogP) is 6.41. The van der Waals surface area contributed by atoms with Gasteiger partial charge in [0.2, 0.25) is 0 Å². The lowest BCUT2D eigenvalue weighted by molar-refractivity contribution is 0.306.